The Morgan fingerprint density at radius 1 is 1.14 bits per heavy atom. The first kappa shape index (κ1) is 14.1. The predicted octanol–water partition coefficient (Wildman–Crippen LogP) is 3.19. The molecule has 0 bridgehead atoms. The van der Waals surface area contributed by atoms with Crippen LogP contribution >= 0.6 is 0 Å². The molecular formula is C16H17N3OS. The molecule has 0 saturated heterocycles. The molecule has 21 heavy (non-hydrogen) atoms. The summed E-state index contributed by atoms with van der Waals surface area (Å²) in [5, 5.41) is 0.511. The lowest BCUT2D eigenvalue weighted by Gasteiger charge is -2.08. The van der Waals surface area contributed by atoms with E-state index in [0.717, 1.165) is 33.4 Å². The van der Waals surface area contributed by atoms with Gasteiger partial charge in [0.1, 0.15) is 0 Å². The Morgan fingerprint density at radius 2 is 1.95 bits per heavy atom. The van der Waals surface area contributed by atoms with Crippen LogP contribution in [0.2, 0.25) is 0 Å². The van der Waals surface area contributed by atoms with Crippen molar-refractivity contribution in [3.8, 4) is 0 Å². The second kappa shape index (κ2) is 5.50. The monoisotopic (exact) mass is 299 g/mol. The van der Waals surface area contributed by atoms with Crippen LogP contribution < -0.4 is 0 Å². The highest BCUT2D eigenvalue weighted by atomic mass is 32.2. The average molecular weight is 299 g/mol. The van der Waals surface area contributed by atoms with Gasteiger partial charge in [0.25, 0.3) is 0 Å². The van der Waals surface area contributed by atoms with Crippen LogP contribution in [0.5, 0.6) is 0 Å². The SMILES string of the molecule is Cc1cnc(C[S+]([O-])c2nc3cc(C)ccc3[nH]2)c(C)c1. The molecule has 3 aromatic rings. The standard InChI is InChI=1S/C16H17N3OS/c1-10-4-5-13-14(7-10)19-16(18-13)21(20)9-15-12(3)6-11(2)8-17-15/h4-8H,9H2,1-3H3,(H,18,19). The summed E-state index contributed by atoms with van der Waals surface area (Å²) in [5.74, 6) is 0.380. The number of pyridine rings is 1. The van der Waals surface area contributed by atoms with Gasteiger partial charge in [-0.2, -0.15) is 4.98 Å². The molecule has 1 aromatic carbocycles. The minimum Gasteiger partial charge on any atom is -0.609 e. The number of aromatic amines is 1. The third kappa shape index (κ3) is 2.94. The van der Waals surface area contributed by atoms with Gasteiger partial charge in [-0.1, -0.05) is 12.1 Å². The number of hydrogen-bond acceptors (Lipinski definition) is 3. The highest BCUT2D eigenvalue weighted by molar-refractivity contribution is 7.90. The molecule has 0 spiro atoms. The van der Waals surface area contributed by atoms with Gasteiger partial charge >= 0.3 is 5.16 Å². The maximum absolute atomic E-state index is 12.5. The molecule has 0 amide bonds. The second-order valence-corrected chi connectivity index (χ2v) is 6.70. The molecule has 3 rings (SSSR count). The largest absolute Gasteiger partial charge is 0.609 e. The van der Waals surface area contributed by atoms with Crippen molar-refractivity contribution in [1.29, 1.82) is 0 Å². The third-order valence-corrected chi connectivity index (χ3v) is 4.58. The van der Waals surface area contributed by atoms with Gasteiger partial charge in [0.05, 0.1) is 16.7 Å². The van der Waals surface area contributed by atoms with Gasteiger partial charge < -0.3 is 4.55 Å². The summed E-state index contributed by atoms with van der Waals surface area (Å²) in [6, 6.07) is 8.02. The molecule has 1 N–H and O–H groups in total. The number of aryl methyl sites for hydroxylation is 3. The zero-order valence-corrected chi connectivity index (χ0v) is 13.1. The Kier molecular flexibility index (Phi) is 3.69. The third-order valence-electron chi connectivity index (χ3n) is 3.42. The number of imidazole rings is 1. The van der Waals surface area contributed by atoms with Gasteiger partial charge in [0, 0.05) is 17.4 Å². The smallest absolute Gasteiger partial charge is 0.322 e. The van der Waals surface area contributed by atoms with Gasteiger partial charge in [-0.25, -0.2) is 0 Å². The number of rotatable bonds is 3. The van der Waals surface area contributed by atoms with E-state index in [1.54, 1.807) is 0 Å². The Labute approximate surface area is 126 Å². The van der Waals surface area contributed by atoms with E-state index in [0.29, 0.717) is 10.9 Å². The number of H-pyrrole nitrogens is 1. The summed E-state index contributed by atoms with van der Waals surface area (Å²) in [7, 11) is 0. The van der Waals surface area contributed by atoms with Crippen LogP contribution in [-0.2, 0) is 16.9 Å². The lowest BCUT2D eigenvalue weighted by Crippen LogP contribution is -2.09. The van der Waals surface area contributed by atoms with Gasteiger partial charge in [0.15, 0.2) is 5.75 Å². The molecule has 4 nitrogen and oxygen atoms in total. The Hall–Kier alpha value is -1.85. The summed E-state index contributed by atoms with van der Waals surface area (Å²) < 4.78 is 12.5. The van der Waals surface area contributed by atoms with Gasteiger partial charge in [-0.3, -0.25) is 9.97 Å². The van der Waals surface area contributed by atoms with Crippen molar-refractivity contribution in [2.45, 2.75) is 31.7 Å². The molecule has 0 aliphatic carbocycles. The van der Waals surface area contributed by atoms with Crippen LogP contribution in [0, 0.1) is 20.8 Å². The van der Waals surface area contributed by atoms with E-state index >= 15 is 0 Å². The average Bonchev–Trinajstić information content (AvgIpc) is 2.85. The normalized spacial score (nSPS) is 12.8. The van der Waals surface area contributed by atoms with Crippen molar-refractivity contribution >= 4 is 22.2 Å². The molecular weight excluding hydrogens is 282 g/mol. The Bertz CT molecular complexity index is 797. The first-order valence-electron chi connectivity index (χ1n) is 6.80. The van der Waals surface area contributed by atoms with Crippen LogP contribution in [0.4, 0.5) is 0 Å². The highest BCUT2D eigenvalue weighted by Gasteiger charge is 2.19. The number of nitrogens with one attached hydrogen (secondary N) is 1. The van der Waals surface area contributed by atoms with Crippen LogP contribution in [0.15, 0.2) is 35.6 Å². The predicted molar refractivity (Wildman–Crippen MR) is 84.7 cm³/mol. The molecule has 108 valence electrons. The molecule has 0 aliphatic rings. The van der Waals surface area contributed by atoms with E-state index in [4.69, 9.17) is 0 Å². The molecule has 1 unspecified atom stereocenters. The van der Waals surface area contributed by atoms with Crippen molar-refractivity contribution in [3.05, 3.63) is 52.8 Å². The molecule has 0 fully saturated rings. The fourth-order valence-corrected chi connectivity index (χ4v) is 3.40. The maximum Gasteiger partial charge on any atom is 0.322 e. The molecule has 0 radical (unpaired) electrons. The number of aromatic nitrogens is 3. The first-order valence-corrected chi connectivity index (χ1v) is 8.12. The summed E-state index contributed by atoms with van der Waals surface area (Å²) in [5.41, 5.74) is 5.94. The van der Waals surface area contributed by atoms with Crippen LogP contribution in [-0.4, -0.2) is 19.5 Å². The van der Waals surface area contributed by atoms with E-state index < -0.39 is 11.2 Å². The zero-order valence-electron chi connectivity index (χ0n) is 12.3. The molecule has 0 aliphatic heterocycles. The summed E-state index contributed by atoms with van der Waals surface area (Å²) in [6.45, 7) is 6.02. The van der Waals surface area contributed by atoms with Gasteiger partial charge in [-0.15, -0.1) is 0 Å². The topological polar surface area (TPSA) is 64.6 Å². The van der Waals surface area contributed by atoms with E-state index in [1.165, 1.54) is 0 Å². The molecule has 2 aromatic heterocycles. The van der Waals surface area contributed by atoms with E-state index in [-0.39, 0.29) is 0 Å². The summed E-state index contributed by atoms with van der Waals surface area (Å²) in [6.07, 6.45) is 1.81. The van der Waals surface area contributed by atoms with Crippen LogP contribution in [0.25, 0.3) is 11.0 Å². The van der Waals surface area contributed by atoms with Crippen molar-refractivity contribution in [2.75, 3.05) is 0 Å². The quantitative estimate of drug-likeness (QED) is 0.755. The maximum atomic E-state index is 12.5. The number of hydrogen-bond donors (Lipinski definition) is 1. The number of benzene rings is 1. The minimum absolute atomic E-state index is 0.380. The summed E-state index contributed by atoms with van der Waals surface area (Å²) >= 11 is -1.22. The van der Waals surface area contributed by atoms with Crippen molar-refractivity contribution < 1.29 is 4.55 Å². The first-order chi connectivity index (χ1) is 10.0. The Balaban J connectivity index is 1.87. The zero-order chi connectivity index (χ0) is 15.0. The lowest BCUT2D eigenvalue weighted by molar-refractivity contribution is 0.586. The fourth-order valence-electron chi connectivity index (χ4n) is 2.29. The number of fused-ring (bicyclic) bond motifs is 1. The van der Waals surface area contributed by atoms with E-state index in [2.05, 4.69) is 21.0 Å². The van der Waals surface area contributed by atoms with Crippen molar-refractivity contribution in [3.63, 3.8) is 0 Å². The summed E-state index contributed by atoms with van der Waals surface area (Å²) in [4.78, 5) is 11.9. The van der Waals surface area contributed by atoms with E-state index in [1.807, 2.05) is 45.2 Å². The second-order valence-electron chi connectivity index (χ2n) is 5.33. The van der Waals surface area contributed by atoms with Crippen LogP contribution in [0.3, 0.4) is 0 Å². The minimum atomic E-state index is -1.22. The van der Waals surface area contributed by atoms with Crippen LogP contribution in [0.1, 0.15) is 22.4 Å². The molecule has 5 heteroatoms. The fraction of sp³-hybridized carbons (Fsp3) is 0.250. The van der Waals surface area contributed by atoms with E-state index in [9.17, 15) is 4.55 Å². The molecule has 0 saturated carbocycles. The Morgan fingerprint density at radius 3 is 2.71 bits per heavy atom. The highest BCUT2D eigenvalue weighted by Crippen LogP contribution is 2.20. The van der Waals surface area contributed by atoms with Gasteiger partial charge in [-0.05, 0) is 49.6 Å². The van der Waals surface area contributed by atoms with Crippen molar-refractivity contribution in [1.82, 2.24) is 15.0 Å². The number of nitrogens with zero attached hydrogens (tertiary/aromatic N) is 2. The lowest BCUT2D eigenvalue weighted by atomic mass is 10.2. The molecule has 2 heterocycles. The molecule has 1 atom stereocenters. The van der Waals surface area contributed by atoms with Crippen molar-refractivity contribution in [2.24, 2.45) is 0 Å². The van der Waals surface area contributed by atoms with Gasteiger partial charge in [0.2, 0.25) is 0 Å².